The number of nitrogens with zero attached hydrogens (tertiary/aromatic N) is 5. The molecule has 192 valence electrons. The standard InChI is InChI=1S/C26H33FN6O3/c1-3-32-24(35)22-16-21(29-33(22)17-26(32,2)25(36)28-19-6-4-5-7-19)23(34)31-14-12-30(13-15-31)20-10-8-18(27)9-11-20/h8-11,16,19H,3-7,12-15,17H2,1-2H3,(H,28,36)/t26-/m1/s1. The van der Waals surface area contributed by atoms with E-state index in [9.17, 15) is 18.8 Å². The molecule has 1 aliphatic carbocycles. The summed E-state index contributed by atoms with van der Waals surface area (Å²) in [4.78, 5) is 45.4. The van der Waals surface area contributed by atoms with E-state index in [-0.39, 0.29) is 41.8 Å². The Morgan fingerprint density at radius 1 is 1.11 bits per heavy atom. The maximum atomic E-state index is 13.4. The van der Waals surface area contributed by atoms with Crippen LogP contribution in [0, 0.1) is 5.82 Å². The predicted octanol–water partition coefficient (Wildman–Crippen LogP) is 2.28. The number of halogens is 1. The van der Waals surface area contributed by atoms with E-state index in [4.69, 9.17) is 0 Å². The second-order valence-electron chi connectivity index (χ2n) is 10.1. The van der Waals surface area contributed by atoms with E-state index < -0.39 is 5.54 Å². The first-order chi connectivity index (χ1) is 17.3. The molecule has 3 amide bonds. The Bertz CT molecular complexity index is 1150. The van der Waals surface area contributed by atoms with Gasteiger partial charge in [0.2, 0.25) is 5.91 Å². The molecule has 10 heteroatoms. The number of rotatable bonds is 5. The molecular weight excluding hydrogens is 463 g/mol. The Kier molecular flexibility index (Phi) is 6.44. The van der Waals surface area contributed by atoms with Gasteiger partial charge in [-0.15, -0.1) is 0 Å². The molecular formula is C26H33FN6O3. The summed E-state index contributed by atoms with van der Waals surface area (Å²) in [7, 11) is 0. The van der Waals surface area contributed by atoms with Gasteiger partial charge >= 0.3 is 0 Å². The van der Waals surface area contributed by atoms with Crippen LogP contribution in [0.4, 0.5) is 10.1 Å². The van der Waals surface area contributed by atoms with Crippen LogP contribution in [0.1, 0.15) is 60.5 Å². The zero-order valence-electron chi connectivity index (χ0n) is 20.9. The molecule has 0 bridgehead atoms. The Morgan fingerprint density at radius 3 is 2.42 bits per heavy atom. The first-order valence-electron chi connectivity index (χ1n) is 12.8. The van der Waals surface area contributed by atoms with Gasteiger partial charge in [0, 0.05) is 50.5 Å². The number of carbonyl (C=O) groups is 3. The monoisotopic (exact) mass is 496 g/mol. The lowest BCUT2D eigenvalue weighted by molar-refractivity contribution is -0.133. The quantitative estimate of drug-likeness (QED) is 0.686. The summed E-state index contributed by atoms with van der Waals surface area (Å²) in [5, 5.41) is 7.62. The second kappa shape index (κ2) is 9.55. The molecule has 2 aliphatic heterocycles. The summed E-state index contributed by atoms with van der Waals surface area (Å²) in [5.74, 6) is -0.973. The van der Waals surface area contributed by atoms with E-state index in [0.717, 1.165) is 31.4 Å². The molecule has 3 aliphatic rings. The third-order valence-electron chi connectivity index (χ3n) is 7.77. The number of fused-ring (bicyclic) bond motifs is 1. The minimum Gasteiger partial charge on any atom is -0.368 e. The number of aromatic nitrogens is 2. The molecule has 2 fully saturated rings. The lowest BCUT2D eigenvalue weighted by atomic mass is 9.94. The summed E-state index contributed by atoms with van der Waals surface area (Å²) in [6.07, 6.45) is 4.13. The third-order valence-corrected chi connectivity index (χ3v) is 7.77. The van der Waals surface area contributed by atoms with Crippen LogP contribution in [0.5, 0.6) is 0 Å². The molecule has 1 aromatic carbocycles. The van der Waals surface area contributed by atoms with Gasteiger partial charge in [-0.3, -0.25) is 19.1 Å². The topological polar surface area (TPSA) is 90.8 Å². The first kappa shape index (κ1) is 24.3. The highest BCUT2D eigenvalue weighted by molar-refractivity contribution is 6.02. The van der Waals surface area contributed by atoms with Gasteiger partial charge in [-0.05, 0) is 51.0 Å². The van der Waals surface area contributed by atoms with Gasteiger partial charge in [0.15, 0.2) is 5.69 Å². The minimum atomic E-state index is -1.07. The number of piperazine rings is 1. The largest absolute Gasteiger partial charge is 0.368 e. The fraction of sp³-hybridized carbons (Fsp3) is 0.538. The molecule has 1 atom stereocenters. The zero-order valence-corrected chi connectivity index (χ0v) is 20.9. The maximum Gasteiger partial charge on any atom is 0.274 e. The van der Waals surface area contributed by atoms with Crippen molar-refractivity contribution in [3.8, 4) is 0 Å². The summed E-state index contributed by atoms with van der Waals surface area (Å²) in [6, 6.07) is 8.03. The van der Waals surface area contributed by atoms with Crippen LogP contribution >= 0.6 is 0 Å². The molecule has 0 unspecified atom stereocenters. The molecule has 1 aromatic heterocycles. The SMILES string of the molecule is CCN1C(=O)c2cc(C(=O)N3CCN(c4ccc(F)cc4)CC3)nn2C[C@]1(C)C(=O)NC1CCCC1. The fourth-order valence-corrected chi connectivity index (χ4v) is 5.63. The van der Waals surface area contributed by atoms with Crippen molar-refractivity contribution >= 4 is 23.4 Å². The van der Waals surface area contributed by atoms with Crippen molar-refractivity contribution in [3.63, 3.8) is 0 Å². The summed E-state index contributed by atoms with van der Waals surface area (Å²) < 4.78 is 14.8. The number of benzene rings is 1. The van der Waals surface area contributed by atoms with E-state index in [1.165, 1.54) is 16.8 Å². The molecule has 2 aromatic rings. The van der Waals surface area contributed by atoms with Crippen molar-refractivity contribution in [3.05, 3.63) is 47.5 Å². The Hall–Kier alpha value is -3.43. The van der Waals surface area contributed by atoms with Crippen molar-refractivity contribution in [2.75, 3.05) is 37.6 Å². The first-order valence-corrected chi connectivity index (χ1v) is 12.8. The Labute approximate surface area is 210 Å². The van der Waals surface area contributed by atoms with Gasteiger partial charge in [0.1, 0.15) is 17.1 Å². The number of likely N-dealkylation sites (N-methyl/N-ethyl adjacent to an activating group) is 1. The number of anilines is 1. The molecule has 1 N–H and O–H groups in total. The van der Waals surface area contributed by atoms with Gasteiger partial charge in [-0.1, -0.05) is 12.8 Å². The van der Waals surface area contributed by atoms with Crippen molar-refractivity contribution in [2.45, 2.75) is 57.7 Å². The van der Waals surface area contributed by atoms with Crippen LogP contribution in [0.15, 0.2) is 30.3 Å². The van der Waals surface area contributed by atoms with Gasteiger partial charge in [0.25, 0.3) is 11.8 Å². The van der Waals surface area contributed by atoms with Gasteiger partial charge in [-0.25, -0.2) is 4.39 Å². The highest BCUT2D eigenvalue weighted by atomic mass is 19.1. The molecule has 0 radical (unpaired) electrons. The molecule has 9 nitrogen and oxygen atoms in total. The Balaban J connectivity index is 1.30. The van der Waals surface area contributed by atoms with E-state index >= 15 is 0 Å². The van der Waals surface area contributed by atoms with Gasteiger partial charge in [-0.2, -0.15) is 5.10 Å². The van der Waals surface area contributed by atoms with E-state index in [1.807, 2.05) is 6.92 Å². The number of hydrogen-bond acceptors (Lipinski definition) is 5. The van der Waals surface area contributed by atoms with Crippen molar-refractivity contribution in [1.82, 2.24) is 24.9 Å². The summed E-state index contributed by atoms with van der Waals surface area (Å²) >= 11 is 0. The van der Waals surface area contributed by atoms with E-state index in [0.29, 0.717) is 38.4 Å². The van der Waals surface area contributed by atoms with E-state index in [1.54, 1.807) is 34.9 Å². The van der Waals surface area contributed by atoms with Gasteiger partial charge in [0.05, 0.1) is 6.54 Å². The summed E-state index contributed by atoms with van der Waals surface area (Å²) in [6.45, 7) is 6.44. The van der Waals surface area contributed by atoms with Crippen LogP contribution in [0.3, 0.4) is 0 Å². The van der Waals surface area contributed by atoms with Crippen molar-refractivity contribution in [1.29, 1.82) is 0 Å². The zero-order chi connectivity index (χ0) is 25.4. The number of hydrogen-bond donors (Lipinski definition) is 1. The molecule has 3 heterocycles. The van der Waals surface area contributed by atoms with Crippen molar-refractivity contribution < 1.29 is 18.8 Å². The normalized spacial score (nSPS) is 22.6. The highest BCUT2D eigenvalue weighted by Crippen LogP contribution is 2.29. The van der Waals surface area contributed by atoms with Crippen LogP contribution in [-0.2, 0) is 11.3 Å². The fourth-order valence-electron chi connectivity index (χ4n) is 5.63. The molecule has 1 saturated carbocycles. The highest BCUT2D eigenvalue weighted by Gasteiger charge is 2.48. The average Bonchev–Trinajstić information content (AvgIpc) is 3.54. The van der Waals surface area contributed by atoms with Crippen LogP contribution < -0.4 is 10.2 Å². The lowest BCUT2D eigenvalue weighted by Crippen LogP contribution is -2.64. The molecule has 1 saturated heterocycles. The third kappa shape index (κ3) is 4.33. The molecule has 0 spiro atoms. The maximum absolute atomic E-state index is 13.4. The smallest absolute Gasteiger partial charge is 0.274 e. The number of nitrogens with one attached hydrogen (secondary N) is 1. The van der Waals surface area contributed by atoms with Crippen LogP contribution in [-0.4, -0.2) is 81.6 Å². The second-order valence-corrected chi connectivity index (χ2v) is 10.1. The summed E-state index contributed by atoms with van der Waals surface area (Å²) in [5.41, 5.74) is 0.386. The van der Waals surface area contributed by atoms with Crippen LogP contribution in [0.2, 0.25) is 0 Å². The number of amides is 3. The lowest BCUT2D eigenvalue weighted by Gasteiger charge is -2.43. The van der Waals surface area contributed by atoms with Gasteiger partial charge < -0.3 is 20.0 Å². The minimum absolute atomic E-state index is 0.146. The number of carbonyl (C=O) groups excluding carboxylic acids is 3. The predicted molar refractivity (Wildman–Crippen MR) is 132 cm³/mol. The average molecular weight is 497 g/mol. The van der Waals surface area contributed by atoms with Crippen LogP contribution in [0.25, 0.3) is 0 Å². The Morgan fingerprint density at radius 2 is 1.78 bits per heavy atom. The van der Waals surface area contributed by atoms with Crippen molar-refractivity contribution in [2.24, 2.45) is 0 Å². The van der Waals surface area contributed by atoms with E-state index in [2.05, 4.69) is 15.3 Å². The molecule has 36 heavy (non-hydrogen) atoms. The molecule has 5 rings (SSSR count).